The summed E-state index contributed by atoms with van der Waals surface area (Å²) in [4.78, 5) is 24.4. The number of aliphatic hydroxyl groups excluding tert-OH is 2. The molecule has 2 aliphatic heterocycles. The Kier molecular flexibility index (Phi) is 3.87. The molecule has 1 spiro atoms. The summed E-state index contributed by atoms with van der Waals surface area (Å²) in [6, 6.07) is 0. The predicted octanol–water partition coefficient (Wildman–Crippen LogP) is 0.270. The lowest BCUT2D eigenvalue weighted by Gasteiger charge is -2.30. The third kappa shape index (κ3) is 2.31. The molecule has 4 fully saturated rings. The van der Waals surface area contributed by atoms with Crippen molar-refractivity contribution < 1.29 is 34.0 Å². The average Bonchev–Trinajstić information content (AvgIpc) is 3.29. The van der Waals surface area contributed by atoms with E-state index in [0.717, 1.165) is 5.57 Å². The fourth-order valence-electron chi connectivity index (χ4n) is 4.82. The number of esters is 2. The Bertz CT molecular complexity index is 719. The number of epoxide rings is 1. The van der Waals surface area contributed by atoms with Crippen LogP contribution in [0.25, 0.3) is 0 Å². The van der Waals surface area contributed by atoms with Crippen LogP contribution in [0, 0.1) is 17.8 Å². The average molecular weight is 362 g/mol. The standard InChI is InChI=1S/C19H22O7/c1-8-4-12(25-17(22)9(2)6-20)14-10(3)18(23)26-16(14)15-11(8)5-13(21)19(15)7-24-19/h11-16,20-21H,1-7H2/t11?,12?,13?,14?,15?,16?,19-/m1/s1. The van der Waals surface area contributed by atoms with E-state index < -0.39 is 48.4 Å². The van der Waals surface area contributed by atoms with Crippen molar-refractivity contribution in [2.75, 3.05) is 13.2 Å². The minimum Gasteiger partial charge on any atom is -0.458 e. The highest BCUT2D eigenvalue weighted by Gasteiger charge is 2.70. The van der Waals surface area contributed by atoms with Crippen LogP contribution in [-0.2, 0) is 23.8 Å². The maximum Gasteiger partial charge on any atom is 0.336 e. The van der Waals surface area contributed by atoms with Gasteiger partial charge in [0, 0.05) is 17.9 Å². The number of hydrogen-bond donors (Lipinski definition) is 2. The monoisotopic (exact) mass is 362 g/mol. The van der Waals surface area contributed by atoms with E-state index in [4.69, 9.17) is 19.3 Å². The van der Waals surface area contributed by atoms with Gasteiger partial charge in [-0.1, -0.05) is 25.3 Å². The van der Waals surface area contributed by atoms with Crippen LogP contribution >= 0.6 is 0 Å². The van der Waals surface area contributed by atoms with Crippen LogP contribution in [0.1, 0.15) is 12.8 Å². The second-order valence-electron chi connectivity index (χ2n) is 7.62. The number of carbonyl (C=O) groups excluding carboxylic acids is 2. The van der Waals surface area contributed by atoms with Crippen molar-refractivity contribution in [2.24, 2.45) is 17.8 Å². The van der Waals surface area contributed by atoms with Gasteiger partial charge in [0.05, 0.1) is 30.8 Å². The van der Waals surface area contributed by atoms with Crippen molar-refractivity contribution >= 4 is 11.9 Å². The van der Waals surface area contributed by atoms with E-state index in [9.17, 15) is 14.7 Å². The summed E-state index contributed by atoms with van der Waals surface area (Å²) < 4.78 is 16.8. The van der Waals surface area contributed by atoms with Crippen LogP contribution in [0.4, 0.5) is 0 Å². The number of hydrogen-bond acceptors (Lipinski definition) is 7. The summed E-state index contributed by atoms with van der Waals surface area (Å²) in [6.45, 7) is 11.4. The van der Waals surface area contributed by atoms with E-state index in [1.54, 1.807) is 0 Å². The summed E-state index contributed by atoms with van der Waals surface area (Å²) >= 11 is 0. The normalized spacial score (nSPS) is 43.5. The topological polar surface area (TPSA) is 106 Å². The van der Waals surface area contributed by atoms with Gasteiger partial charge in [-0.05, 0) is 12.3 Å². The Morgan fingerprint density at radius 2 is 2.08 bits per heavy atom. The number of carbonyl (C=O) groups is 2. The van der Waals surface area contributed by atoms with Crippen molar-refractivity contribution in [3.63, 3.8) is 0 Å². The smallest absolute Gasteiger partial charge is 0.336 e. The van der Waals surface area contributed by atoms with Gasteiger partial charge in [-0.2, -0.15) is 0 Å². The molecule has 0 aromatic rings. The quantitative estimate of drug-likeness (QED) is 0.321. The molecule has 0 bridgehead atoms. The highest BCUT2D eigenvalue weighted by molar-refractivity contribution is 5.92. The van der Waals surface area contributed by atoms with Crippen molar-refractivity contribution in [2.45, 2.75) is 36.8 Å². The molecule has 2 heterocycles. The summed E-state index contributed by atoms with van der Waals surface area (Å²) in [7, 11) is 0. The van der Waals surface area contributed by atoms with Crippen LogP contribution in [0.15, 0.2) is 36.5 Å². The molecule has 0 aromatic carbocycles. The molecule has 140 valence electrons. The Labute approximate surface area is 150 Å². The zero-order chi connectivity index (χ0) is 18.8. The molecule has 4 rings (SSSR count). The molecule has 0 amide bonds. The second kappa shape index (κ2) is 5.77. The first-order chi connectivity index (χ1) is 12.3. The van der Waals surface area contributed by atoms with Crippen LogP contribution in [0.5, 0.6) is 0 Å². The van der Waals surface area contributed by atoms with Gasteiger partial charge < -0.3 is 24.4 Å². The summed E-state index contributed by atoms with van der Waals surface area (Å²) in [6.07, 6.45) is -1.14. The fourth-order valence-corrected chi connectivity index (χ4v) is 4.82. The van der Waals surface area contributed by atoms with E-state index >= 15 is 0 Å². The third-order valence-electron chi connectivity index (χ3n) is 6.26. The minimum absolute atomic E-state index is 0.0649. The van der Waals surface area contributed by atoms with Gasteiger partial charge in [0.1, 0.15) is 17.8 Å². The maximum atomic E-state index is 12.2. The van der Waals surface area contributed by atoms with Gasteiger partial charge in [0.25, 0.3) is 0 Å². The zero-order valence-corrected chi connectivity index (χ0v) is 14.3. The Balaban J connectivity index is 1.70. The first-order valence-electron chi connectivity index (χ1n) is 8.69. The number of ether oxygens (including phenoxy) is 3. The first-order valence-corrected chi connectivity index (χ1v) is 8.69. The van der Waals surface area contributed by atoms with Gasteiger partial charge in [0.15, 0.2) is 0 Å². The highest BCUT2D eigenvalue weighted by Crippen LogP contribution is 2.60. The highest BCUT2D eigenvalue weighted by atomic mass is 16.6. The van der Waals surface area contributed by atoms with Crippen molar-refractivity contribution in [1.29, 1.82) is 0 Å². The lowest BCUT2D eigenvalue weighted by Crippen LogP contribution is -2.43. The fraction of sp³-hybridized carbons (Fsp3) is 0.579. The molecule has 7 atom stereocenters. The molecule has 26 heavy (non-hydrogen) atoms. The SMILES string of the molecule is C=C(CO)C(=O)OC1CC(=C)C2CC(O)[C@]3(CO3)C2C2OC(=O)C(=C)C12. The van der Waals surface area contributed by atoms with E-state index in [1.165, 1.54) is 0 Å². The molecule has 4 aliphatic rings. The van der Waals surface area contributed by atoms with Crippen LogP contribution in [0.3, 0.4) is 0 Å². The second-order valence-corrected chi connectivity index (χ2v) is 7.62. The Morgan fingerprint density at radius 3 is 2.69 bits per heavy atom. The van der Waals surface area contributed by atoms with Gasteiger partial charge in [-0.3, -0.25) is 0 Å². The lowest BCUT2D eigenvalue weighted by atomic mass is 9.78. The molecule has 0 radical (unpaired) electrons. The Hall–Kier alpha value is -1.96. The Morgan fingerprint density at radius 1 is 1.38 bits per heavy atom. The molecule has 2 N–H and O–H groups in total. The number of aliphatic hydroxyl groups is 2. The lowest BCUT2D eigenvalue weighted by molar-refractivity contribution is -0.149. The molecule has 7 heteroatoms. The van der Waals surface area contributed by atoms with E-state index in [1.807, 2.05) is 0 Å². The summed E-state index contributed by atoms with van der Waals surface area (Å²) in [5, 5.41) is 19.6. The van der Waals surface area contributed by atoms with Gasteiger partial charge in [-0.25, -0.2) is 9.59 Å². The summed E-state index contributed by atoms with van der Waals surface area (Å²) in [5.74, 6) is -2.13. The molecule has 6 unspecified atom stereocenters. The zero-order valence-electron chi connectivity index (χ0n) is 14.3. The molecule has 0 aromatic heterocycles. The van der Waals surface area contributed by atoms with E-state index in [2.05, 4.69) is 19.7 Å². The van der Waals surface area contributed by atoms with E-state index in [0.29, 0.717) is 19.4 Å². The third-order valence-corrected chi connectivity index (χ3v) is 6.26. The van der Waals surface area contributed by atoms with Gasteiger partial charge >= 0.3 is 11.9 Å². The van der Waals surface area contributed by atoms with Crippen LogP contribution in [0.2, 0.25) is 0 Å². The molecule has 2 saturated carbocycles. The van der Waals surface area contributed by atoms with Crippen LogP contribution in [-0.4, -0.2) is 59.3 Å². The van der Waals surface area contributed by atoms with Gasteiger partial charge in [0.2, 0.25) is 0 Å². The van der Waals surface area contributed by atoms with Crippen molar-refractivity contribution in [3.05, 3.63) is 36.5 Å². The molecule has 2 saturated heterocycles. The number of rotatable bonds is 3. The molecular formula is C19H22O7. The molecular weight excluding hydrogens is 340 g/mol. The maximum absolute atomic E-state index is 12.2. The minimum atomic E-state index is -0.727. The predicted molar refractivity (Wildman–Crippen MR) is 88.7 cm³/mol. The molecule has 7 nitrogen and oxygen atoms in total. The largest absolute Gasteiger partial charge is 0.458 e. The molecule has 2 aliphatic carbocycles. The van der Waals surface area contributed by atoms with Crippen molar-refractivity contribution in [1.82, 2.24) is 0 Å². The summed E-state index contributed by atoms with van der Waals surface area (Å²) in [5.41, 5.74) is 0.277. The van der Waals surface area contributed by atoms with E-state index in [-0.39, 0.29) is 23.0 Å². The van der Waals surface area contributed by atoms with Crippen LogP contribution < -0.4 is 0 Å². The van der Waals surface area contributed by atoms with Gasteiger partial charge in [-0.15, -0.1) is 0 Å². The number of fused-ring (bicyclic) bond motifs is 4. The first kappa shape index (κ1) is 17.5. The van der Waals surface area contributed by atoms with Crippen molar-refractivity contribution in [3.8, 4) is 0 Å².